The second kappa shape index (κ2) is 4.84. The first-order chi connectivity index (χ1) is 8.48. The summed E-state index contributed by atoms with van der Waals surface area (Å²) in [4.78, 5) is 3.77. The lowest BCUT2D eigenvalue weighted by molar-refractivity contribution is 0.0107. The summed E-state index contributed by atoms with van der Waals surface area (Å²) in [5.41, 5.74) is 5.59. The van der Waals surface area contributed by atoms with E-state index in [0.29, 0.717) is 6.61 Å². The molecule has 0 saturated carbocycles. The number of aromatic nitrogens is 2. The number of anilines is 1. The van der Waals surface area contributed by atoms with Crippen LogP contribution in [0.1, 0.15) is 0 Å². The molecule has 0 aromatic carbocycles. The number of aryl methyl sites for hydroxylation is 1. The number of nitrogens with two attached hydrogens (primary N) is 1. The van der Waals surface area contributed by atoms with Crippen LogP contribution in [0.4, 0.5) is 5.82 Å². The van der Waals surface area contributed by atoms with Crippen molar-refractivity contribution in [2.75, 3.05) is 32.1 Å². The van der Waals surface area contributed by atoms with Gasteiger partial charge in [0.1, 0.15) is 0 Å². The lowest BCUT2D eigenvalue weighted by atomic mass is 10.3. The molecule has 0 aliphatic carbocycles. The summed E-state index contributed by atoms with van der Waals surface area (Å²) in [6.45, 7) is 0.371. The van der Waals surface area contributed by atoms with Gasteiger partial charge >= 0.3 is 0 Å². The van der Waals surface area contributed by atoms with E-state index in [1.165, 1.54) is 15.2 Å². The van der Waals surface area contributed by atoms with Gasteiger partial charge in [-0.15, -0.1) is 0 Å². The molecule has 0 radical (unpaired) electrons. The first-order valence-corrected chi connectivity index (χ1v) is 6.89. The van der Waals surface area contributed by atoms with Gasteiger partial charge in [-0.05, 0) is 0 Å². The molecule has 3 N–H and O–H groups in total. The Balaban J connectivity index is 2.41. The third kappa shape index (κ3) is 2.09. The van der Waals surface area contributed by atoms with E-state index in [9.17, 15) is 13.5 Å². The molecule has 1 unspecified atom stereocenters. The molecule has 18 heavy (non-hydrogen) atoms. The van der Waals surface area contributed by atoms with Crippen molar-refractivity contribution in [2.45, 2.75) is 11.1 Å². The first-order valence-electron chi connectivity index (χ1n) is 5.45. The number of rotatable bonds is 3. The van der Waals surface area contributed by atoms with Gasteiger partial charge in [-0.1, -0.05) is 0 Å². The zero-order chi connectivity index (χ0) is 13.3. The van der Waals surface area contributed by atoms with E-state index in [-0.39, 0.29) is 30.6 Å². The minimum Gasteiger partial charge on any atom is -0.395 e. The number of nitrogens with zero attached hydrogens (tertiary/aromatic N) is 3. The van der Waals surface area contributed by atoms with Crippen LogP contribution >= 0.6 is 0 Å². The molecule has 2 rings (SSSR count). The standard InChI is InChI=1S/C9H16N4O4S/c1-12-6-11-8(10)9(12)18(15,16)13-2-3-17-5-7(13)4-14/h6-7,14H,2-5,10H2,1H3. The van der Waals surface area contributed by atoms with Crippen molar-refractivity contribution in [1.29, 1.82) is 0 Å². The van der Waals surface area contributed by atoms with E-state index in [1.54, 1.807) is 7.05 Å². The Morgan fingerprint density at radius 2 is 2.39 bits per heavy atom. The Kier molecular flexibility index (Phi) is 3.57. The van der Waals surface area contributed by atoms with Gasteiger partial charge in [-0.2, -0.15) is 4.31 Å². The number of imidazole rings is 1. The average molecular weight is 276 g/mol. The summed E-state index contributed by atoms with van der Waals surface area (Å²) in [7, 11) is -2.21. The Morgan fingerprint density at radius 1 is 1.67 bits per heavy atom. The Labute approximate surface area is 105 Å². The highest BCUT2D eigenvalue weighted by Crippen LogP contribution is 2.23. The minimum absolute atomic E-state index is 0.0410. The van der Waals surface area contributed by atoms with Gasteiger partial charge in [0.05, 0.1) is 32.2 Å². The summed E-state index contributed by atoms with van der Waals surface area (Å²) in [5, 5.41) is 9.17. The number of sulfonamides is 1. The van der Waals surface area contributed by atoms with Gasteiger partial charge in [0.25, 0.3) is 10.0 Å². The molecule has 102 valence electrons. The van der Waals surface area contributed by atoms with Gasteiger partial charge < -0.3 is 20.1 Å². The SMILES string of the molecule is Cn1cnc(N)c1S(=O)(=O)N1CCOCC1CO. The molecular formula is C9H16N4O4S. The van der Waals surface area contributed by atoms with Crippen molar-refractivity contribution >= 4 is 15.8 Å². The molecular weight excluding hydrogens is 260 g/mol. The molecule has 0 spiro atoms. The van der Waals surface area contributed by atoms with E-state index in [4.69, 9.17) is 10.5 Å². The molecule has 1 atom stereocenters. The second-order valence-corrected chi connectivity index (χ2v) is 5.88. The fourth-order valence-corrected chi connectivity index (χ4v) is 3.75. The van der Waals surface area contributed by atoms with Crippen molar-refractivity contribution in [3.8, 4) is 0 Å². The predicted octanol–water partition coefficient (Wildman–Crippen LogP) is -1.62. The van der Waals surface area contributed by atoms with E-state index in [1.807, 2.05) is 0 Å². The maximum absolute atomic E-state index is 12.5. The van der Waals surface area contributed by atoms with E-state index < -0.39 is 16.1 Å². The molecule has 1 aliphatic rings. The van der Waals surface area contributed by atoms with Crippen LogP contribution in [-0.4, -0.2) is 59.8 Å². The number of ether oxygens (including phenoxy) is 1. The largest absolute Gasteiger partial charge is 0.395 e. The van der Waals surface area contributed by atoms with Crippen LogP contribution in [0.25, 0.3) is 0 Å². The zero-order valence-corrected chi connectivity index (χ0v) is 10.8. The highest BCUT2D eigenvalue weighted by Gasteiger charge is 2.36. The molecule has 8 nitrogen and oxygen atoms in total. The van der Waals surface area contributed by atoms with Crippen molar-refractivity contribution in [2.24, 2.45) is 7.05 Å². The summed E-state index contributed by atoms with van der Waals surface area (Å²) >= 11 is 0. The van der Waals surface area contributed by atoms with Crippen molar-refractivity contribution in [3.63, 3.8) is 0 Å². The highest BCUT2D eigenvalue weighted by molar-refractivity contribution is 7.89. The molecule has 1 aliphatic heterocycles. The number of morpholine rings is 1. The fraction of sp³-hybridized carbons (Fsp3) is 0.667. The van der Waals surface area contributed by atoms with Gasteiger partial charge in [0, 0.05) is 13.6 Å². The first kappa shape index (κ1) is 13.3. The van der Waals surface area contributed by atoms with Gasteiger partial charge in [0.2, 0.25) is 0 Å². The maximum Gasteiger partial charge on any atom is 0.262 e. The number of aliphatic hydroxyl groups excluding tert-OH is 1. The van der Waals surface area contributed by atoms with Crippen LogP contribution in [0, 0.1) is 0 Å². The zero-order valence-electron chi connectivity index (χ0n) is 9.98. The highest BCUT2D eigenvalue weighted by atomic mass is 32.2. The molecule has 1 fully saturated rings. The minimum atomic E-state index is -3.77. The number of nitrogen functional groups attached to an aromatic ring is 1. The molecule has 1 saturated heterocycles. The van der Waals surface area contributed by atoms with Crippen molar-refractivity contribution < 1.29 is 18.3 Å². The molecule has 0 amide bonds. The van der Waals surface area contributed by atoms with Crippen LogP contribution in [0.3, 0.4) is 0 Å². The lowest BCUT2D eigenvalue weighted by Crippen LogP contribution is -2.50. The fourth-order valence-electron chi connectivity index (χ4n) is 1.96. The Hall–Kier alpha value is -1.16. The molecule has 2 heterocycles. The number of hydrogen-bond acceptors (Lipinski definition) is 6. The number of aliphatic hydroxyl groups is 1. The summed E-state index contributed by atoms with van der Waals surface area (Å²) in [6.07, 6.45) is 1.34. The molecule has 1 aromatic rings. The van der Waals surface area contributed by atoms with Crippen molar-refractivity contribution in [1.82, 2.24) is 13.9 Å². The van der Waals surface area contributed by atoms with E-state index >= 15 is 0 Å². The van der Waals surface area contributed by atoms with E-state index in [0.717, 1.165) is 0 Å². The van der Waals surface area contributed by atoms with Crippen LogP contribution in [0.15, 0.2) is 11.4 Å². The predicted molar refractivity (Wildman–Crippen MR) is 63.2 cm³/mol. The molecule has 9 heteroatoms. The normalized spacial score (nSPS) is 22.2. The van der Waals surface area contributed by atoms with Crippen molar-refractivity contribution in [3.05, 3.63) is 6.33 Å². The smallest absolute Gasteiger partial charge is 0.262 e. The molecule has 0 bridgehead atoms. The third-order valence-electron chi connectivity index (χ3n) is 2.85. The van der Waals surface area contributed by atoms with Gasteiger partial charge in [-0.3, -0.25) is 0 Å². The maximum atomic E-state index is 12.5. The third-order valence-corrected chi connectivity index (χ3v) is 4.93. The topological polar surface area (TPSA) is 111 Å². The van der Waals surface area contributed by atoms with E-state index in [2.05, 4.69) is 4.98 Å². The lowest BCUT2D eigenvalue weighted by Gasteiger charge is -2.33. The van der Waals surface area contributed by atoms with Gasteiger partial charge in [-0.25, -0.2) is 13.4 Å². The Bertz CT molecular complexity index is 507. The average Bonchev–Trinajstić information content (AvgIpc) is 2.69. The summed E-state index contributed by atoms with van der Waals surface area (Å²) < 4.78 is 32.7. The van der Waals surface area contributed by atoms with Crippen LogP contribution in [-0.2, 0) is 21.8 Å². The quantitative estimate of drug-likeness (QED) is 0.687. The second-order valence-electron chi connectivity index (χ2n) is 4.07. The monoisotopic (exact) mass is 276 g/mol. The number of hydrogen-bond donors (Lipinski definition) is 2. The van der Waals surface area contributed by atoms with Crippen LogP contribution in [0.5, 0.6) is 0 Å². The van der Waals surface area contributed by atoms with Crippen LogP contribution < -0.4 is 5.73 Å². The summed E-state index contributed by atoms with van der Waals surface area (Å²) in [6, 6.07) is -0.585. The summed E-state index contributed by atoms with van der Waals surface area (Å²) in [5.74, 6) is -0.0410. The molecule has 1 aromatic heterocycles. The van der Waals surface area contributed by atoms with Gasteiger partial charge in [0.15, 0.2) is 10.8 Å². The van der Waals surface area contributed by atoms with Crippen LogP contribution in [0.2, 0.25) is 0 Å². The Morgan fingerprint density at radius 3 is 2.94 bits per heavy atom.